The first-order valence-corrected chi connectivity index (χ1v) is 9.79. The van der Waals surface area contributed by atoms with Gasteiger partial charge in [0, 0.05) is 11.7 Å². The van der Waals surface area contributed by atoms with Gasteiger partial charge in [0.05, 0.1) is 17.3 Å². The Morgan fingerprint density at radius 1 is 1.20 bits per heavy atom. The summed E-state index contributed by atoms with van der Waals surface area (Å²) in [6.07, 6.45) is 0.650. The lowest BCUT2D eigenvalue weighted by atomic mass is 10.2. The molecule has 8 heteroatoms. The Kier molecular flexibility index (Phi) is 4.36. The van der Waals surface area contributed by atoms with Gasteiger partial charge in [-0.15, -0.1) is 0 Å². The molecule has 1 aromatic rings. The van der Waals surface area contributed by atoms with Crippen molar-refractivity contribution in [1.82, 2.24) is 4.72 Å². The van der Waals surface area contributed by atoms with E-state index in [0.29, 0.717) is 24.1 Å². The first-order valence-electron chi connectivity index (χ1n) is 6.31. The van der Waals surface area contributed by atoms with Gasteiger partial charge in [0.1, 0.15) is 9.84 Å². The van der Waals surface area contributed by atoms with Crippen LogP contribution in [0.25, 0.3) is 0 Å². The Morgan fingerprint density at radius 3 is 2.40 bits per heavy atom. The summed E-state index contributed by atoms with van der Waals surface area (Å²) < 4.78 is 49.3. The standard InChI is InChI=1S/C12H18N2O4S2/c13-12-4-2-1-3-10(12)9-20(17,18)14-11-5-7-19(15,16)8-6-11/h1-4,11,14H,5-9,13H2. The average Bonchev–Trinajstić information content (AvgIpc) is 2.34. The van der Waals surface area contributed by atoms with E-state index < -0.39 is 19.9 Å². The van der Waals surface area contributed by atoms with E-state index in [2.05, 4.69) is 4.72 Å². The second kappa shape index (κ2) is 5.71. The summed E-state index contributed by atoms with van der Waals surface area (Å²) in [6, 6.07) is 6.48. The maximum atomic E-state index is 12.1. The van der Waals surface area contributed by atoms with Crippen LogP contribution in [-0.4, -0.2) is 34.4 Å². The zero-order valence-corrected chi connectivity index (χ0v) is 12.6. The molecule has 1 saturated heterocycles. The number of sulfonamides is 1. The fourth-order valence-corrected chi connectivity index (χ4v) is 5.16. The molecule has 1 fully saturated rings. The number of para-hydroxylation sites is 1. The van der Waals surface area contributed by atoms with E-state index in [1.54, 1.807) is 24.3 Å². The molecule has 0 amide bonds. The second-order valence-corrected chi connectivity index (χ2v) is 9.06. The first kappa shape index (κ1) is 15.3. The fraction of sp³-hybridized carbons (Fsp3) is 0.500. The lowest BCUT2D eigenvalue weighted by Crippen LogP contribution is -2.41. The quantitative estimate of drug-likeness (QED) is 0.775. The molecule has 0 atom stereocenters. The predicted octanol–water partition coefficient (Wildman–Crippen LogP) is 0.265. The minimum atomic E-state index is -3.52. The zero-order chi connectivity index (χ0) is 14.8. The topological polar surface area (TPSA) is 106 Å². The molecular weight excluding hydrogens is 300 g/mol. The van der Waals surface area contributed by atoms with Crippen molar-refractivity contribution in [3.05, 3.63) is 29.8 Å². The fourth-order valence-electron chi connectivity index (χ4n) is 2.17. The van der Waals surface area contributed by atoms with Crippen molar-refractivity contribution in [2.45, 2.75) is 24.6 Å². The van der Waals surface area contributed by atoms with E-state index in [4.69, 9.17) is 5.73 Å². The minimum absolute atomic E-state index is 0.0354. The molecule has 0 aromatic heterocycles. The van der Waals surface area contributed by atoms with Crippen molar-refractivity contribution >= 4 is 25.5 Å². The van der Waals surface area contributed by atoms with E-state index in [0.717, 1.165) is 0 Å². The summed E-state index contributed by atoms with van der Waals surface area (Å²) in [6.45, 7) is 0. The molecule has 0 spiro atoms. The van der Waals surface area contributed by atoms with Crippen LogP contribution in [0.5, 0.6) is 0 Å². The SMILES string of the molecule is Nc1ccccc1CS(=O)(=O)NC1CCS(=O)(=O)CC1. The normalized spacial score (nSPS) is 19.8. The Morgan fingerprint density at radius 2 is 1.80 bits per heavy atom. The Bertz CT molecular complexity index is 669. The van der Waals surface area contributed by atoms with Crippen molar-refractivity contribution in [2.24, 2.45) is 0 Å². The van der Waals surface area contributed by atoms with Gasteiger partial charge in [0.2, 0.25) is 10.0 Å². The summed E-state index contributed by atoms with van der Waals surface area (Å²) in [7, 11) is -6.51. The van der Waals surface area contributed by atoms with E-state index >= 15 is 0 Å². The molecule has 112 valence electrons. The van der Waals surface area contributed by atoms with Gasteiger partial charge in [0.15, 0.2) is 0 Å². The number of nitrogens with two attached hydrogens (primary N) is 1. The van der Waals surface area contributed by atoms with Crippen molar-refractivity contribution in [3.8, 4) is 0 Å². The summed E-state index contributed by atoms with van der Waals surface area (Å²) >= 11 is 0. The van der Waals surface area contributed by atoms with Crippen LogP contribution >= 0.6 is 0 Å². The molecule has 2 rings (SSSR count). The van der Waals surface area contributed by atoms with Crippen LogP contribution in [0.4, 0.5) is 5.69 Å². The lowest BCUT2D eigenvalue weighted by Gasteiger charge is -2.23. The molecule has 0 saturated carbocycles. The van der Waals surface area contributed by atoms with Crippen LogP contribution in [0.15, 0.2) is 24.3 Å². The van der Waals surface area contributed by atoms with Crippen molar-refractivity contribution in [2.75, 3.05) is 17.2 Å². The maximum Gasteiger partial charge on any atom is 0.216 e. The van der Waals surface area contributed by atoms with Gasteiger partial charge in [-0.05, 0) is 24.5 Å². The summed E-state index contributed by atoms with van der Waals surface area (Å²) in [4.78, 5) is 0. The van der Waals surface area contributed by atoms with Gasteiger partial charge in [-0.3, -0.25) is 0 Å². The maximum absolute atomic E-state index is 12.1. The van der Waals surface area contributed by atoms with Gasteiger partial charge in [-0.1, -0.05) is 18.2 Å². The Balaban J connectivity index is 2.00. The zero-order valence-electron chi connectivity index (χ0n) is 10.9. The van der Waals surface area contributed by atoms with E-state index in [9.17, 15) is 16.8 Å². The predicted molar refractivity (Wildman–Crippen MR) is 78.3 cm³/mol. The molecule has 1 heterocycles. The van der Waals surface area contributed by atoms with Crippen LogP contribution in [-0.2, 0) is 25.6 Å². The largest absolute Gasteiger partial charge is 0.398 e. The van der Waals surface area contributed by atoms with Crippen LogP contribution < -0.4 is 10.5 Å². The third-order valence-corrected chi connectivity index (χ3v) is 6.40. The molecule has 1 aliphatic heterocycles. The number of rotatable bonds is 4. The van der Waals surface area contributed by atoms with E-state index in [-0.39, 0.29) is 23.3 Å². The Hall–Kier alpha value is -1.12. The number of anilines is 1. The van der Waals surface area contributed by atoms with Crippen molar-refractivity contribution in [1.29, 1.82) is 0 Å². The summed E-state index contributed by atoms with van der Waals surface area (Å²) in [5.41, 5.74) is 6.70. The molecule has 1 aromatic carbocycles. The van der Waals surface area contributed by atoms with Gasteiger partial charge in [-0.2, -0.15) is 0 Å². The van der Waals surface area contributed by atoms with E-state index in [1.165, 1.54) is 0 Å². The van der Waals surface area contributed by atoms with Gasteiger partial charge < -0.3 is 5.73 Å². The molecule has 0 bridgehead atoms. The number of sulfone groups is 1. The highest BCUT2D eigenvalue weighted by atomic mass is 32.2. The molecule has 6 nitrogen and oxygen atoms in total. The number of benzene rings is 1. The minimum Gasteiger partial charge on any atom is -0.398 e. The molecule has 0 unspecified atom stereocenters. The van der Waals surface area contributed by atoms with Gasteiger partial charge in [0.25, 0.3) is 0 Å². The molecule has 3 N–H and O–H groups in total. The van der Waals surface area contributed by atoms with Crippen LogP contribution in [0, 0.1) is 0 Å². The average molecular weight is 318 g/mol. The van der Waals surface area contributed by atoms with Crippen LogP contribution in [0.3, 0.4) is 0 Å². The molecular formula is C12H18N2O4S2. The number of hydrogen-bond acceptors (Lipinski definition) is 5. The van der Waals surface area contributed by atoms with Crippen LogP contribution in [0.2, 0.25) is 0 Å². The van der Waals surface area contributed by atoms with E-state index in [1.807, 2.05) is 0 Å². The molecule has 0 aliphatic carbocycles. The summed E-state index contributed by atoms with van der Waals surface area (Å²) in [5, 5.41) is 0. The van der Waals surface area contributed by atoms with Crippen LogP contribution in [0.1, 0.15) is 18.4 Å². The van der Waals surface area contributed by atoms with Gasteiger partial charge >= 0.3 is 0 Å². The third-order valence-electron chi connectivity index (χ3n) is 3.30. The highest BCUT2D eigenvalue weighted by Crippen LogP contribution is 2.17. The lowest BCUT2D eigenvalue weighted by molar-refractivity contribution is 0.505. The van der Waals surface area contributed by atoms with Gasteiger partial charge in [-0.25, -0.2) is 21.6 Å². The molecule has 1 aliphatic rings. The highest BCUT2D eigenvalue weighted by molar-refractivity contribution is 7.91. The number of nitrogen functional groups attached to an aromatic ring is 1. The smallest absolute Gasteiger partial charge is 0.216 e. The first-order chi connectivity index (χ1) is 9.27. The molecule has 0 radical (unpaired) electrons. The third kappa shape index (κ3) is 4.19. The highest BCUT2D eigenvalue weighted by Gasteiger charge is 2.27. The Labute approximate surface area is 119 Å². The number of hydrogen-bond donors (Lipinski definition) is 2. The summed E-state index contributed by atoms with van der Waals surface area (Å²) in [5.74, 6) is -0.121. The van der Waals surface area contributed by atoms with Crippen molar-refractivity contribution in [3.63, 3.8) is 0 Å². The molecule has 20 heavy (non-hydrogen) atoms. The monoisotopic (exact) mass is 318 g/mol. The number of nitrogens with one attached hydrogen (secondary N) is 1. The second-order valence-electron chi connectivity index (χ2n) is 5.00. The van der Waals surface area contributed by atoms with Crippen molar-refractivity contribution < 1.29 is 16.8 Å².